The quantitative estimate of drug-likeness (QED) is 0.224. The van der Waals surface area contributed by atoms with Crippen molar-refractivity contribution in [2.75, 3.05) is 11.9 Å². The van der Waals surface area contributed by atoms with Crippen LogP contribution >= 0.6 is 22.9 Å². The molecule has 0 radical (unpaired) electrons. The zero-order valence-corrected chi connectivity index (χ0v) is 20.6. The summed E-state index contributed by atoms with van der Waals surface area (Å²) in [5, 5.41) is 14.7. The summed E-state index contributed by atoms with van der Waals surface area (Å²) >= 11 is 7.20. The van der Waals surface area contributed by atoms with Gasteiger partial charge in [0.1, 0.15) is 16.3 Å². The molecule has 1 N–H and O–H groups in total. The van der Waals surface area contributed by atoms with E-state index in [9.17, 15) is 19.7 Å². The minimum Gasteiger partial charge on any atom is -0.481 e. The minimum absolute atomic E-state index is 0.0636. The fraction of sp³-hybridized carbons (Fsp3) is 0.250. The Bertz CT molecular complexity index is 1240. The summed E-state index contributed by atoms with van der Waals surface area (Å²) in [5.41, 5.74) is 2.07. The molecule has 34 heavy (non-hydrogen) atoms. The lowest BCUT2D eigenvalue weighted by atomic mass is 10.0. The number of hydrogen-bond acceptors (Lipinski definition) is 7. The van der Waals surface area contributed by atoms with Crippen LogP contribution in [0.2, 0.25) is 5.02 Å². The van der Waals surface area contributed by atoms with Gasteiger partial charge in [0.25, 0.3) is 11.6 Å². The molecule has 10 heteroatoms. The van der Waals surface area contributed by atoms with Crippen molar-refractivity contribution in [2.24, 2.45) is 0 Å². The van der Waals surface area contributed by atoms with E-state index in [-0.39, 0.29) is 17.9 Å². The Morgan fingerprint density at radius 3 is 2.44 bits per heavy atom. The first-order valence-electron chi connectivity index (χ1n) is 10.4. The lowest BCUT2D eigenvalue weighted by Gasteiger charge is -2.16. The third-order valence-corrected chi connectivity index (χ3v) is 6.23. The summed E-state index contributed by atoms with van der Waals surface area (Å²) in [4.78, 5) is 37.0. The van der Waals surface area contributed by atoms with Crippen LogP contribution < -0.4 is 10.1 Å². The molecule has 0 aliphatic heterocycles. The second-order valence-electron chi connectivity index (χ2n) is 7.42. The number of benzene rings is 2. The SMILES string of the molecule is CCOC(=O)c1c(NC(=O)C(C)Oc2ccc(Cl)cc2C)sc(C)c1-c1ccc([N+](=O)[O-])cc1. The van der Waals surface area contributed by atoms with Crippen LogP contribution in [0.15, 0.2) is 42.5 Å². The highest BCUT2D eigenvalue weighted by Crippen LogP contribution is 2.41. The van der Waals surface area contributed by atoms with Crippen LogP contribution in [0, 0.1) is 24.0 Å². The molecule has 1 atom stereocenters. The van der Waals surface area contributed by atoms with Crippen molar-refractivity contribution in [3.05, 3.63) is 73.6 Å². The van der Waals surface area contributed by atoms with Crippen LogP contribution in [-0.2, 0) is 9.53 Å². The van der Waals surface area contributed by atoms with Crippen molar-refractivity contribution in [3.63, 3.8) is 0 Å². The minimum atomic E-state index is -0.861. The number of amides is 1. The number of nitrogens with one attached hydrogen (secondary N) is 1. The zero-order valence-electron chi connectivity index (χ0n) is 19.0. The molecular weight excluding hydrogens is 480 g/mol. The van der Waals surface area contributed by atoms with Gasteiger partial charge in [-0.2, -0.15) is 0 Å². The molecule has 3 aromatic rings. The van der Waals surface area contributed by atoms with Crippen molar-refractivity contribution < 1.29 is 24.0 Å². The molecule has 0 aliphatic carbocycles. The number of hydrogen-bond donors (Lipinski definition) is 1. The van der Waals surface area contributed by atoms with Crippen molar-refractivity contribution in [3.8, 4) is 16.9 Å². The molecule has 0 saturated carbocycles. The Morgan fingerprint density at radius 1 is 1.18 bits per heavy atom. The molecule has 1 aromatic heterocycles. The average molecular weight is 503 g/mol. The van der Waals surface area contributed by atoms with Crippen LogP contribution in [0.25, 0.3) is 11.1 Å². The Balaban J connectivity index is 1.92. The van der Waals surface area contributed by atoms with Crippen molar-refractivity contribution in [1.82, 2.24) is 0 Å². The molecule has 0 saturated heterocycles. The molecule has 0 spiro atoms. The first kappa shape index (κ1) is 25.2. The Labute approximate surface area is 205 Å². The van der Waals surface area contributed by atoms with Gasteiger partial charge in [-0.3, -0.25) is 14.9 Å². The zero-order chi connectivity index (χ0) is 25.0. The number of ether oxygens (including phenoxy) is 2. The predicted molar refractivity (Wildman–Crippen MR) is 132 cm³/mol. The van der Waals surface area contributed by atoms with E-state index in [1.807, 2.05) is 6.92 Å². The fourth-order valence-electron chi connectivity index (χ4n) is 3.33. The maximum Gasteiger partial charge on any atom is 0.341 e. The normalized spacial score (nSPS) is 11.6. The number of rotatable bonds is 8. The number of anilines is 1. The maximum absolute atomic E-state index is 12.9. The third kappa shape index (κ3) is 5.55. The molecule has 178 valence electrons. The van der Waals surface area contributed by atoms with E-state index in [0.717, 1.165) is 10.4 Å². The van der Waals surface area contributed by atoms with Crippen LogP contribution in [0.3, 0.4) is 0 Å². The van der Waals surface area contributed by atoms with Crippen molar-refractivity contribution in [2.45, 2.75) is 33.8 Å². The van der Waals surface area contributed by atoms with Crippen LogP contribution in [0.5, 0.6) is 5.75 Å². The molecule has 1 amide bonds. The Hall–Kier alpha value is -3.43. The van der Waals surface area contributed by atoms with E-state index in [1.54, 1.807) is 51.1 Å². The monoisotopic (exact) mass is 502 g/mol. The molecule has 3 rings (SSSR count). The standard InChI is InChI=1S/C24H23ClN2O6S/c1-5-32-24(29)21-20(16-6-9-18(10-7-16)27(30)31)15(4)34-23(21)26-22(28)14(3)33-19-11-8-17(25)12-13(19)2/h6-12,14H,5H2,1-4H3,(H,26,28). The van der Waals surface area contributed by atoms with Gasteiger partial charge < -0.3 is 14.8 Å². The summed E-state index contributed by atoms with van der Waals surface area (Å²) < 4.78 is 11.0. The summed E-state index contributed by atoms with van der Waals surface area (Å²) in [6, 6.07) is 11.0. The number of carbonyl (C=O) groups is 2. The van der Waals surface area contributed by atoms with E-state index in [4.69, 9.17) is 21.1 Å². The number of nitro benzene ring substituents is 1. The number of carbonyl (C=O) groups excluding carboxylic acids is 2. The smallest absolute Gasteiger partial charge is 0.341 e. The number of nitro groups is 1. The van der Waals surface area contributed by atoms with E-state index in [1.165, 1.54) is 23.5 Å². The first-order valence-corrected chi connectivity index (χ1v) is 11.6. The third-order valence-electron chi connectivity index (χ3n) is 4.98. The van der Waals surface area contributed by atoms with Crippen molar-refractivity contribution in [1.29, 1.82) is 0 Å². The number of nitrogens with zero attached hydrogens (tertiary/aromatic N) is 1. The summed E-state index contributed by atoms with van der Waals surface area (Å²) in [7, 11) is 0. The first-order chi connectivity index (χ1) is 16.1. The highest BCUT2D eigenvalue weighted by Gasteiger charge is 2.27. The average Bonchev–Trinajstić information content (AvgIpc) is 3.11. The number of thiophene rings is 1. The summed E-state index contributed by atoms with van der Waals surface area (Å²) in [6.07, 6.45) is -0.861. The van der Waals surface area contributed by atoms with Gasteiger partial charge in [0.15, 0.2) is 6.10 Å². The maximum atomic E-state index is 12.9. The molecule has 0 aliphatic rings. The van der Waals surface area contributed by atoms with E-state index in [2.05, 4.69) is 5.32 Å². The van der Waals surface area contributed by atoms with Gasteiger partial charge in [-0.25, -0.2) is 4.79 Å². The Morgan fingerprint density at radius 2 is 1.85 bits per heavy atom. The van der Waals surface area contributed by atoms with E-state index < -0.39 is 22.9 Å². The summed E-state index contributed by atoms with van der Waals surface area (Å²) in [5.74, 6) is -0.527. The molecule has 2 aromatic carbocycles. The van der Waals surface area contributed by atoms with Crippen LogP contribution in [0.4, 0.5) is 10.7 Å². The van der Waals surface area contributed by atoms with Crippen LogP contribution in [-0.4, -0.2) is 29.5 Å². The molecular formula is C24H23ClN2O6S. The highest BCUT2D eigenvalue weighted by molar-refractivity contribution is 7.17. The van der Waals surface area contributed by atoms with E-state index in [0.29, 0.717) is 26.9 Å². The van der Waals surface area contributed by atoms with Gasteiger partial charge in [-0.05, 0) is 69.2 Å². The van der Waals surface area contributed by atoms with Crippen molar-refractivity contribution >= 4 is 45.5 Å². The van der Waals surface area contributed by atoms with Crippen LogP contribution in [0.1, 0.15) is 34.6 Å². The molecule has 1 unspecified atom stereocenters. The number of non-ortho nitro benzene ring substituents is 1. The number of halogens is 1. The largest absolute Gasteiger partial charge is 0.481 e. The summed E-state index contributed by atoms with van der Waals surface area (Å²) in [6.45, 7) is 7.06. The van der Waals surface area contributed by atoms with E-state index >= 15 is 0 Å². The second-order valence-corrected chi connectivity index (χ2v) is 9.08. The van der Waals surface area contributed by atoms with Gasteiger partial charge in [-0.15, -0.1) is 11.3 Å². The lowest BCUT2D eigenvalue weighted by Crippen LogP contribution is -2.30. The molecule has 1 heterocycles. The molecule has 0 bridgehead atoms. The van der Waals surface area contributed by atoms with Gasteiger partial charge in [-0.1, -0.05) is 11.6 Å². The van der Waals surface area contributed by atoms with Gasteiger partial charge in [0.2, 0.25) is 0 Å². The van der Waals surface area contributed by atoms with Gasteiger partial charge in [0, 0.05) is 27.6 Å². The highest BCUT2D eigenvalue weighted by atomic mass is 35.5. The number of aryl methyl sites for hydroxylation is 2. The predicted octanol–water partition coefficient (Wildman–Crippen LogP) is 6.18. The molecule has 0 fully saturated rings. The Kier molecular flexibility index (Phi) is 7.90. The van der Waals surface area contributed by atoms with Gasteiger partial charge in [0.05, 0.1) is 11.5 Å². The lowest BCUT2D eigenvalue weighted by molar-refractivity contribution is -0.384. The number of esters is 1. The van der Waals surface area contributed by atoms with Gasteiger partial charge >= 0.3 is 5.97 Å². The topological polar surface area (TPSA) is 108 Å². The fourth-order valence-corrected chi connectivity index (χ4v) is 4.62. The molecule has 8 nitrogen and oxygen atoms in total. The second kappa shape index (κ2) is 10.7.